The molecule has 0 spiro atoms. The number of guanidine groups is 1. The monoisotopic (exact) mass is 691 g/mol. The standard InChI is InChI=1S/C21H30N4O3S.W.Y/c1-17(26)20(16-18-8-4-2-5-9-18)23-21(25-14-12-22-13-15-25)24-29(27,28)19-10-6-3-7-11-19;;/h3,6-7,10-11,18,20H,1-2,4-5,8-9,12-16H2,(H,23,24);;/q-2;;/t20-;;/m0../s1. The Morgan fingerprint density at radius 3 is 2.35 bits per heavy atom. The summed E-state index contributed by atoms with van der Waals surface area (Å²) in [5, 5.41) is 4.32. The van der Waals surface area contributed by atoms with E-state index in [1.54, 1.807) is 18.2 Å². The molecule has 1 aromatic carbocycles. The molecule has 2 fully saturated rings. The van der Waals surface area contributed by atoms with Gasteiger partial charge in [0.15, 0.2) is 0 Å². The zero-order valence-electron chi connectivity index (χ0n) is 17.8. The summed E-state index contributed by atoms with van der Waals surface area (Å²) >= 11 is 0. The van der Waals surface area contributed by atoms with Crippen molar-refractivity contribution in [3.63, 3.8) is 0 Å². The van der Waals surface area contributed by atoms with E-state index in [0.717, 1.165) is 12.8 Å². The molecule has 31 heavy (non-hydrogen) atoms. The summed E-state index contributed by atoms with van der Waals surface area (Å²) in [5.41, 5.74) is 0. The Hall–Kier alpha value is -0.268. The van der Waals surface area contributed by atoms with Gasteiger partial charge >= 0.3 is 0 Å². The van der Waals surface area contributed by atoms with Crippen LogP contribution in [-0.2, 0) is 68.6 Å². The quantitative estimate of drug-likeness (QED) is 0.283. The molecular formula is C21H30N4O3SWY-2. The fraction of sp³-hybridized carbons (Fsp3) is 0.571. The number of benzene rings is 1. The molecule has 2 aliphatic rings. The first kappa shape index (κ1) is 28.8. The first-order chi connectivity index (χ1) is 14.0. The van der Waals surface area contributed by atoms with Gasteiger partial charge in [-0.25, -0.2) is 18.1 Å². The second kappa shape index (κ2) is 14.1. The molecule has 0 amide bonds. The number of aliphatic imine (C=N–C) groups is 1. The Morgan fingerprint density at radius 1 is 1.16 bits per heavy atom. The van der Waals surface area contributed by atoms with Crippen molar-refractivity contribution in [2.24, 2.45) is 10.9 Å². The van der Waals surface area contributed by atoms with Crippen LogP contribution in [0.25, 0.3) is 5.32 Å². The third-order valence-electron chi connectivity index (χ3n) is 5.57. The summed E-state index contributed by atoms with van der Waals surface area (Å²) in [4.78, 5) is 18.9. The van der Waals surface area contributed by atoms with Gasteiger partial charge in [0.05, 0.1) is 10.9 Å². The first-order valence-corrected chi connectivity index (χ1v) is 11.8. The average Bonchev–Trinajstić information content (AvgIpc) is 2.74. The van der Waals surface area contributed by atoms with Crippen LogP contribution >= 0.6 is 0 Å². The van der Waals surface area contributed by atoms with Gasteiger partial charge in [0.25, 0.3) is 10.0 Å². The van der Waals surface area contributed by atoms with Crippen molar-refractivity contribution in [3.05, 3.63) is 42.6 Å². The molecule has 7 nitrogen and oxygen atoms in total. The van der Waals surface area contributed by atoms with Gasteiger partial charge in [0.1, 0.15) is 0 Å². The van der Waals surface area contributed by atoms with E-state index in [-0.39, 0.29) is 70.4 Å². The molecule has 0 bridgehead atoms. The van der Waals surface area contributed by atoms with Gasteiger partial charge in [0.2, 0.25) is 5.96 Å². The van der Waals surface area contributed by atoms with Crippen molar-refractivity contribution in [3.8, 4) is 0 Å². The molecule has 1 atom stereocenters. The topological polar surface area (TPSA) is 92.9 Å². The number of sulfonamides is 1. The Bertz CT molecular complexity index is 811. The van der Waals surface area contributed by atoms with Gasteiger partial charge in [-0.15, -0.1) is 13.1 Å². The van der Waals surface area contributed by atoms with E-state index >= 15 is 0 Å². The number of carbonyl (C=O) groups excluding carboxylic acids is 1. The Kier molecular flexibility index (Phi) is 13.1. The van der Waals surface area contributed by atoms with Crippen molar-refractivity contribution in [1.82, 2.24) is 9.62 Å². The maximum atomic E-state index is 12.9. The maximum Gasteiger partial charge on any atom is 0.264 e. The Balaban J connectivity index is 0.00000240. The molecule has 1 aromatic rings. The van der Waals surface area contributed by atoms with Crippen LogP contribution in [0.5, 0.6) is 0 Å². The van der Waals surface area contributed by atoms with Crippen LogP contribution < -0.4 is 4.72 Å². The number of Topliss-reactive ketones (excluding diaryl/α,β-unsaturated/α-hetero) is 1. The zero-order valence-corrected chi connectivity index (χ0v) is 24.4. The smallest absolute Gasteiger partial charge is 0.264 e. The molecule has 0 aromatic heterocycles. The van der Waals surface area contributed by atoms with E-state index in [4.69, 9.17) is 0 Å². The molecule has 169 valence electrons. The van der Waals surface area contributed by atoms with Gasteiger partial charge in [-0.1, -0.05) is 50.3 Å². The van der Waals surface area contributed by atoms with Crippen LogP contribution in [0.1, 0.15) is 38.5 Å². The molecule has 10 heteroatoms. The number of hydrogen-bond acceptors (Lipinski definition) is 4. The fourth-order valence-electron chi connectivity index (χ4n) is 3.91. The summed E-state index contributed by atoms with van der Waals surface area (Å²) in [7, 11) is -3.80. The number of rotatable bonds is 6. The van der Waals surface area contributed by atoms with E-state index in [2.05, 4.69) is 22.0 Å². The third kappa shape index (κ3) is 8.88. The van der Waals surface area contributed by atoms with Gasteiger partial charge in [-0.2, -0.15) is 0 Å². The van der Waals surface area contributed by atoms with E-state index in [1.807, 2.05) is 4.90 Å². The van der Waals surface area contributed by atoms with E-state index in [9.17, 15) is 13.2 Å². The van der Waals surface area contributed by atoms with Crippen LogP contribution in [0.15, 0.2) is 40.2 Å². The molecular weight excluding hydrogens is 661 g/mol. The predicted octanol–water partition coefficient (Wildman–Crippen LogP) is 2.75. The first-order valence-electron chi connectivity index (χ1n) is 10.4. The van der Waals surface area contributed by atoms with Crippen molar-refractivity contribution in [1.29, 1.82) is 0 Å². The second-order valence-electron chi connectivity index (χ2n) is 7.75. The Labute approximate surface area is 225 Å². The average molecular weight is 691 g/mol. The molecule has 1 saturated carbocycles. The van der Waals surface area contributed by atoms with Crippen LogP contribution in [0.3, 0.4) is 0 Å². The van der Waals surface area contributed by atoms with Crippen LogP contribution in [-0.4, -0.2) is 57.3 Å². The van der Waals surface area contributed by atoms with Crippen LogP contribution in [0, 0.1) is 12.8 Å². The maximum absolute atomic E-state index is 12.9. The normalized spacial score (nSPS) is 19.0. The van der Waals surface area contributed by atoms with E-state index in [1.165, 1.54) is 31.4 Å². The zero-order chi connectivity index (χ0) is 20.7. The molecule has 3 rings (SSSR count). The number of nitrogens with one attached hydrogen (secondary N) is 1. The summed E-state index contributed by atoms with van der Waals surface area (Å²) in [6.45, 7) is 5.95. The number of carbonyl (C=O) groups is 1. The minimum absolute atomic E-state index is 0. The molecule has 1 aliphatic carbocycles. The summed E-state index contributed by atoms with van der Waals surface area (Å²) in [5.74, 6) is 0.391. The van der Waals surface area contributed by atoms with Crippen LogP contribution in [0.4, 0.5) is 0 Å². The van der Waals surface area contributed by atoms with Gasteiger partial charge in [0, 0.05) is 72.6 Å². The predicted molar refractivity (Wildman–Crippen MR) is 114 cm³/mol. The van der Waals surface area contributed by atoms with Crippen molar-refractivity contribution in [2.75, 3.05) is 26.2 Å². The summed E-state index contributed by atoms with van der Waals surface area (Å²) in [6.07, 6.45) is 6.39. The minimum Gasteiger partial charge on any atom is -0.659 e. The number of piperazine rings is 1. The molecule has 1 aliphatic heterocycles. The summed E-state index contributed by atoms with van der Waals surface area (Å²) in [6, 6.07) is 7.56. The number of ketones is 1. The molecule has 0 unspecified atom stereocenters. The SMILES string of the molecule is [CH2-]C(=O)[C@H](CC1CCCCC1)N=C(NS(=O)(=O)c1ccccc1)N1CC[N-]CC1.[W].[Y]. The minimum atomic E-state index is -3.80. The van der Waals surface area contributed by atoms with E-state index in [0.29, 0.717) is 38.5 Å². The van der Waals surface area contributed by atoms with Crippen molar-refractivity contribution < 1.29 is 67.0 Å². The molecule has 1 saturated heterocycles. The second-order valence-corrected chi connectivity index (χ2v) is 9.43. The molecule has 1 radical (unpaired) electrons. The third-order valence-corrected chi connectivity index (χ3v) is 6.91. The van der Waals surface area contributed by atoms with E-state index < -0.39 is 16.1 Å². The Morgan fingerprint density at radius 2 is 1.77 bits per heavy atom. The van der Waals surface area contributed by atoms with Crippen molar-refractivity contribution >= 4 is 21.8 Å². The van der Waals surface area contributed by atoms with Crippen LogP contribution in [0.2, 0.25) is 0 Å². The molecule has 1 N–H and O–H groups in total. The fourth-order valence-corrected chi connectivity index (χ4v) is 4.97. The van der Waals surface area contributed by atoms with Gasteiger partial charge < -0.3 is 21.9 Å². The molecule has 1 heterocycles. The largest absolute Gasteiger partial charge is 0.659 e. The number of hydrogen-bond donors (Lipinski definition) is 1. The number of nitrogens with zero attached hydrogens (tertiary/aromatic N) is 3. The van der Waals surface area contributed by atoms with Crippen molar-refractivity contribution in [2.45, 2.75) is 49.5 Å². The summed E-state index contributed by atoms with van der Waals surface area (Å²) < 4.78 is 28.4. The van der Waals surface area contributed by atoms with Gasteiger partial charge in [-0.3, -0.25) is 0 Å². The van der Waals surface area contributed by atoms with Gasteiger partial charge in [-0.05, 0) is 24.5 Å².